The maximum Gasteiger partial charge on any atom is 0.319 e. The number of hydrogen-bond acceptors (Lipinski definition) is 11. The van der Waals surface area contributed by atoms with Crippen molar-refractivity contribution < 1.29 is 18.3 Å². The van der Waals surface area contributed by atoms with Crippen molar-refractivity contribution in [2.75, 3.05) is 37.3 Å². The molecule has 4 aliphatic rings. The number of likely N-dealkylation sites (tertiary alicyclic amines) is 1. The van der Waals surface area contributed by atoms with Gasteiger partial charge in [-0.15, -0.1) is 11.3 Å². The van der Waals surface area contributed by atoms with E-state index in [-0.39, 0.29) is 80.9 Å². The third-order valence-corrected chi connectivity index (χ3v) is 10.9. The second kappa shape index (κ2) is 10.4. The number of halogens is 2. The third kappa shape index (κ3) is 4.08. The number of aromatic nitrogens is 3. The van der Waals surface area contributed by atoms with Crippen molar-refractivity contribution in [3.63, 3.8) is 0 Å². The number of nitrogens with two attached hydrogens (primary N) is 1. The average Bonchev–Trinajstić information content (AvgIpc) is 3.79. The van der Waals surface area contributed by atoms with Crippen LogP contribution in [0.4, 0.5) is 19.6 Å². The Balaban J connectivity index is 1.39. The summed E-state index contributed by atoms with van der Waals surface area (Å²) in [5, 5.41) is 14.4. The standard InChI is InChI=1S/C31H32F2N8O2S/c1-14(21-4-3-7-40(21)2)43-31-38-27-24(30(39-31)41-15-5-6-16(41)10-36-9-15)19-13-42-12-18(19)22(25(27)33)26-23-17(8-34)29(35)44-28(23)20(32)11-37-26/h11,14-16,21,36H,3-7,9-10,12-13,35H2,1-2H3. The van der Waals surface area contributed by atoms with Crippen molar-refractivity contribution in [1.82, 2.24) is 25.2 Å². The van der Waals surface area contributed by atoms with Crippen molar-refractivity contribution in [2.24, 2.45) is 0 Å². The Morgan fingerprint density at radius 3 is 2.66 bits per heavy atom. The summed E-state index contributed by atoms with van der Waals surface area (Å²) in [7, 11) is 2.08. The molecule has 13 heteroatoms. The smallest absolute Gasteiger partial charge is 0.319 e. The first kappa shape index (κ1) is 27.8. The fraction of sp³-hybridized carbons (Fsp3) is 0.484. The normalized spacial score (nSPS) is 23.9. The number of ether oxygens (including phenoxy) is 2. The molecule has 2 bridgehead atoms. The van der Waals surface area contributed by atoms with E-state index >= 15 is 4.39 Å². The molecule has 4 unspecified atom stereocenters. The summed E-state index contributed by atoms with van der Waals surface area (Å²) in [4.78, 5) is 18.7. The summed E-state index contributed by atoms with van der Waals surface area (Å²) in [6, 6.07) is 2.82. The molecule has 7 heterocycles. The van der Waals surface area contributed by atoms with Crippen LogP contribution in [0.3, 0.4) is 0 Å². The van der Waals surface area contributed by atoms with E-state index in [9.17, 15) is 9.65 Å². The van der Waals surface area contributed by atoms with Crippen LogP contribution >= 0.6 is 11.3 Å². The SMILES string of the molecule is CC(Oc1nc(N2C3CCC2CNC3)c2c3c(c(-c4ncc(F)c5sc(N)c(C#N)c45)c(F)c2n1)COC3)C1CCCN1C. The Hall–Kier alpha value is -3.70. The molecule has 4 aromatic rings. The lowest BCUT2D eigenvalue weighted by Crippen LogP contribution is -2.52. The van der Waals surface area contributed by atoms with Gasteiger partial charge in [-0.2, -0.15) is 15.2 Å². The molecule has 3 saturated heterocycles. The average molecular weight is 619 g/mol. The minimum atomic E-state index is -0.625. The highest BCUT2D eigenvalue weighted by atomic mass is 32.1. The lowest BCUT2D eigenvalue weighted by Gasteiger charge is -2.37. The molecule has 4 atom stereocenters. The predicted molar refractivity (Wildman–Crippen MR) is 164 cm³/mol. The van der Waals surface area contributed by atoms with Crippen molar-refractivity contribution in [2.45, 2.75) is 70.1 Å². The Morgan fingerprint density at radius 2 is 1.93 bits per heavy atom. The molecular weight excluding hydrogens is 586 g/mol. The molecule has 3 N–H and O–H groups in total. The number of pyridine rings is 1. The Morgan fingerprint density at radius 1 is 1.16 bits per heavy atom. The highest BCUT2D eigenvalue weighted by Gasteiger charge is 2.41. The summed E-state index contributed by atoms with van der Waals surface area (Å²) in [6.45, 7) is 5.01. The van der Waals surface area contributed by atoms with Crippen LogP contribution in [0.1, 0.15) is 49.3 Å². The van der Waals surface area contributed by atoms with Gasteiger partial charge in [-0.05, 0) is 57.3 Å². The van der Waals surface area contributed by atoms with Gasteiger partial charge < -0.3 is 25.4 Å². The molecule has 8 rings (SSSR count). The highest BCUT2D eigenvalue weighted by Crippen LogP contribution is 2.47. The van der Waals surface area contributed by atoms with Crippen LogP contribution in [0.15, 0.2) is 6.20 Å². The number of nitriles is 1. The van der Waals surface area contributed by atoms with E-state index in [4.69, 9.17) is 25.2 Å². The van der Waals surface area contributed by atoms with Crippen LogP contribution in [-0.4, -0.2) is 70.8 Å². The van der Waals surface area contributed by atoms with E-state index in [2.05, 4.69) is 33.2 Å². The van der Waals surface area contributed by atoms with E-state index in [0.717, 1.165) is 68.4 Å². The number of nitrogens with one attached hydrogen (secondary N) is 1. The van der Waals surface area contributed by atoms with Crippen LogP contribution in [0.2, 0.25) is 0 Å². The van der Waals surface area contributed by atoms with Gasteiger partial charge in [0.2, 0.25) is 0 Å². The van der Waals surface area contributed by atoms with Crippen LogP contribution in [0.5, 0.6) is 6.01 Å². The fourth-order valence-corrected chi connectivity index (χ4v) is 8.69. The maximum absolute atomic E-state index is 17.2. The molecule has 4 aliphatic heterocycles. The van der Waals surface area contributed by atoms with Gasteiger partial charge in [0, 0.05) is 42.2 Å². The van der Waals surface area contributed by atoms with Crippen LogP contribution in [0, 0.1) is 23.0 Å². The van der Waals surface area contributed by atoms with Gasteiger partial charge in [0.15, 0.2) is 11.6 Å². The van der Waals surface area contributed by atoms with Gasteiger partial charge in [-0.3, -0.25) is 9.88 Å². The van der Waals surface area contributed by atoms with Crippen LogP contribution < -0.4 is 20.7 Å². The zero-order valence-electron chi connectivity index (χ0n) is 24.5. The maximum atomic E-state index is 17.2. The minimum Gasteiger partial charge on any atom is -0.459 e. The summed E-state index contributed by atoms with van der Waals surface area (Å²) in [6.07, 6.45) is 4.95. The van der Waals surface area contributed by atoms with E-state index < -0.39 is 11.6 Å². The lowest BCUT2D eigenvalue weighted by molar-refractivity contribution is 0.112. The number of likely N-dealkylation sites (N-methyl/N-ethyl adjacent to an activating group) is 1. The van der Waals surface area contributed by atoms with E-state index in [1.165, 1.54) is 0 Å². The predicted octanol–water partition coefficient (Wildman–Crippen LogP) is 4.47. The third-order valence-electron chi connectivity index (χ3n) is 9.84. The first-order valence-electron chi connectivity index (χ1n) is 15.1. The second-order valence-electron chi connectivity index (χ2n) is 12.3. The monoisotopic (exact) mass is 618 g/mol. The zero-order valence-corrected chi connectivity index (χ0v) is 25.3. The molecule has 0 spiro atoms. The van der Waals surface area contributed by atoms with Crippen LogP contribution in [0.25, 0.3) is 32.2 Å². The Bertz CT molecular complexity index is 1860. The number of thiophene rings is 1. The number of nitrogens with zero attached hydrogens (tertiary/aromatic N) is 6. The van der Waals surface area contributed by atoms with Crippen molar-refractivity contribution >= 4 is 43.1 Å². The van der Waals surface area contributed by atoms with Crippen LogP contribution in [-0.2, 0) is 18.0 Å². The van der Waals surface area contributed by atoms with Crippen molar-refractivity contribution in [3.8, 4) is 23.3 Å². The van der Waals surface area contributed by atoms with Crippen molar-refractivity contribution in [3.05, 3.63) is 34.5 Å². The van der Waals surface area contributed by atoms with E-state index in [0.29, 0.717) is 16.8 Å². The molecule has 0 saturated carbocycles. The first-order chi connectivity index (χ1) is 21.4. The summed E-state index contributed by atoms with van der Waals surface area (Å²) in [5.41, 5.74) is 7.98. The quantitative estimate of drug-likeness (QED) is 0.331. The molecule has 0 amide bonds. The molecule has 0 aliphatic carbocycles. The number of benzene rings is 1. The number of fused-ring (bicyclic) bond motifs is 6. The summed E-state index contributed by atoms with van der Waals surface area (Å²) < 4.78 is 44.7. The number of rotatable bonds is 5. The largest absolute Gasteiger partial charge is 0.459 e. The second-order valence-corrected chi connectivity index (χ2v) is 13.3. The van der Waals surface area contributed by atoms with Gasteiger partial charge in [-0.1, -0.05) is 0 Å². The van der Waals surface area contributed by atoms with E-state index in [1.54, 1.807) is 0 Å². The lowest BCUT2D eigenvalue weighted by atomic mass is 9.93. The van der Waals surface area contributed by atoms with Gasteiger partial charge in [0.1, 0.15) is 28.5 Å². The molecule has 0 radical (unpaired) electrons. The fourth-order valence-electron chi connectivity index (χ4n) is 7.76. The number of anilines is 2. The molecule has 3 aromatic heterocycles. The Kier molecular flexibility index (Phi) is 6.60. The minimum absolute atomic E-state index is 0.0819. The number of nitrogen functional groups attached to an aromatic ring is 1. The highest BCUT2D eigenvalue weighted by molar-refractivity contribution is 7.23. The Labute approximate surface area is 256 Å². The number of hydrogen-bond donors (Lipinski definition) is 2. The zero-order chi connectivity index (χ0) is 30.3. The summed E-state index contributed by atoms with van der Waals surface area (Å²) in [5.74, 6) is -0.579. The summed E-state index contributed by atoms with van der Waals surface area (Å²) >= 11 is 0.956. The molecule has 1 aromatic carbocycles. The topological polar surface area (TPSA) is 125 Å². The first-order valence-corrected chi connectivity index (χ1v) is 15.9. The molecule has 44 heavy (non-hydrogen) atoms. The number of piperazine rings is 1. The molecule has 10 nitrogen and oxygen atoms in total. The molecule has 3 fully saturated rings. The van der Waals surface area contributed by atoms with Crippen molar-refractivity contribution in [1.29, 1.82) is 5.26 Å². The van der Waals surface area contributed by atoms with Gasteiger partial charge in [0.25, 0.3) is 0 Å². The molecular formula is C31H32F2N8O2S. The van der Waals surface area contributed by atoms with Gasteiger partial charge in [-0.25, -0.2) is 8.78 Å². The molecule has 228 valence electrons. The van der Waals surface area contributed by atoms with E-state index in [1.807, 2.05) is 6.92 Å². The van der Waals surface area contributed by atoms with Gasteiger partial charge in [0.05, 0.1) is 40.8 Å². The van der Waals surface area contributed by atoms with Gasteiger partial charge >= 0.3 is 6.01 Å².